The number of hydrogen-bond acceptors (Lipinski definition) is 5. The van der Waals surface area contributed by atoms with Gasteiger partial charge in [-0.3, -0.25) is 9.59 Å². The summed E-state index contributed by atoms with van der Waals surface area (Å²) in [5.74, 6) is -1.52. The quantitative estimate of drug-likeness (QED) is 0.208. The van der Waals surface area contributed by atoms with Crippen LogP contribution in [0.5, 0.6) is 0 Å². The molecule has 0 radical (unpaired) electrons. The number of amides is 2. The molecule has 3 aromatic heterocycles. The first-order valence-electron chi connectivity index (χ1n) is 13.0. The minimum absolute atomic E-state index is 0.0107. The lowest BCUT2D eigenvalue weighted by Crippen LogP contribution is -2.18. The highest BCUT2D eigenvalue weighted by Crippen LogP contribution is 2.44. The second-order valence-corrected chi connectivity index (χ2v) is 10.6. The molecule has 0 spiro atoms. The number of thiophene rings is 1. The molecule has 3 heterocycles. The van der Waals surface area contributed by atoms with Gasteiger partial charge in [0.2, 0.25) is 0 Å². The molecule has 0 aliphatic heterocycles. The summed E-state index contributed by atoms with van der Waals surface area (Å²) in [6.07, 6.45) is -4.74. The average molecular weight is 598 g/mol. The fourth-order valence-electron chi connectivity index (χ4n) is 4.95. The van der Waals surface area contributed by atoms with Crippen LogP contribution in [-0.4, -0.2) is 26.6 Å². The number of nitrogens with zero attached hydrogens (tertiary/aromatic N) is 3. The highest BCUT2D eigenvalue weighted by atomic mass is 32.1. The van der Waals surface area contributed by atoms with Gasteiger partial charge in [-0.15, -0.1) is 11.3 Å². The summed E-state index contributed by atoms with van der Waals surface area (Å²) in [4.78, 5) is 30.4. The van der Waals surface area contributed by atoms with Gasteiger partial charge in [-0.25, -0.2) is 9.67 Å². The van der Waals surface area contributed by atoms with Crippen LogP contribution in [0.15, 0.2) is 97.1 Å². The molecule has 2 amide bonds. The molecule has 0 saturated heterocycles. The number of carbonyl (C=O) groups is 2. The molecular formula is C32H22F3N5O2S. The van der Waals surface area contributed by atoms with Crippen LogP contribution in [0.2, 0.25) is 0 Å². The zero-order valence-corrected chi connectivity index (χ0v) is 23.3. The number of benzene rings is 3. The third-order valence-corrected chi connectivity index (χ3v) is 7.99. The third-order valence-electron chi connectivity index (χ3n) is 6.89. The van der Waals surface area contributed by atoms with Gasteiger partial charge >= 0.3 is 6.18 Å². The van der Waals surface area contributed by atoms with Crippen molar-refractivity contribution in [2.75, 3.05) is 5.32 Å². The summed E-state index contributed by atoms with van der Waals surface area (Å²) in [5.41, 5.74) is 7.69. The number of hydrogen-bond donors (Lipinski definition) is 2. The summed E-state index contributed by atoms with van der Waals surface area (Å²) in [6.45, 7) is 1.74. The van der Waals surface area contributed by atoms with Crippen molar-refractivity contribution in [1.29, 1.82) is 0 Å². The van der Waals surface area contributed by atoms with Gasteiger partial charge in [0.25, 0.3) is 11.8 Å². The van der Waals surface area contributed by atoms with E-state index >= 15 is 0 Å². The maximum atomic E-state index is 14.2. The SMILES string of the molecule is Cc1c(C(=O)Nc2c(C(N)=O)sc3nc(C(F)(F)F)cc(-c4ccccc4)c23)c(-c2ccccc2)nn1-c1ccccc1. The largest absolute Gasteiger partial charge is 0.433 e. The van der Waals surface area contributed by atoms with E-state index in [1.807, 2.05) is 60.7 Å². The molecule has 3 N–H and O–H groups in total. The number of carbonyl (C=O) groups excluding carboxylic acids is 2. The van der Waals surface area contributed by atoms with Crippen molar-refractivity contribution in [3.8, 4) is 28.1 Å². The highest BCUT2D eigenvalue weighted by molar-refractivity contribution is 7.21. The van der Waals surface area contributed by atoms with Crippen molar-refractivity contribution < 1.29 is 22.8 Å². The van der Waals surface area contributed by atoms with Gasteiger partial charge in [-0.2, -0.15) is 18.3 Å². The Morgan fingerprint density at radius 1 is 0.884 bits per heavy atom. The Labute approximate surface area is 247 Å². The highest BCUT2D eigenvalue weighted by Gasteiger charge is 2.35. The first-order valence-corrected chi connectivity index (χ1v) is 13.9. The fraction of sp³-hybridized carbons (Fsp3) is 0.0625. The van der Waals surface area contributed by atoms with Gasteiger partial charge in [-0.1, -0.05) is 78.9 Å². The van der Waals surface area contributed by atoms with E-state index in [4.69, 9.17) is 10.8 Å². The number of primary amides is 1. The first-order chi connectivity index (χ1) is 20.6. The zero-order chi connectivity index (χ0) is 30.3. The standard InChI is InChI=1S/C32H22F3N5O2S/c1-18-24(26(20-13-7-3-8-14-20)39-40(18)21-15-9-4-10-16-21)30(42)38-27-25-22(19-11-5-2-6-12-19)17-23(32(33,34)35)37-31(25)43-28(27)29(36)41/h2-17H,1H3,(H2,36,41)(H,38,42). The van der Waals surface area contributed by atoms with E-state index in [1.54, 1.807) is 41.9 Å². The number of para-hydroxylation sites is 1. The number of nitrogens with one attached hydrogen (secondary N) is 1. The van der Waals surface area contributed by atoms with Crippen molar-refractivity contribution in [2.24, 2.45) is 5.73 Å². The van der Waals surface area contributed by atoms with E-state index in [0.717, 1.165) is 11.8 Å². The van der Waals surface area contributed by atoms with Crippen LogP contribution in [0.1, 0.15) is 31.4 Å². The summed E-state index contributed by atoms with van der Waals surface area (Å²) in [5, 5.41) is 7.75. The van der Waals surface area contributed by atoms with Crippen LogP contribution >= 0.6 is 11.3 Å². The number of pyridine rings is 1. The second-order valence-electron chi connectivity index (χ2n) is 9.65. The van der Waals surface area contributed by atoms with Crippen LogP contribution in [0.3, 0.4) is 0 Å². The van der Waals surface area contributed by atoms with Gasteiger partial charge in [0.1, 0.15) is 21.1 Å². The topological polar surface area (TPSA) is 103 Å². The van der Waals surface area contributed by atoms with Gasteiger partial charge in [0.15, 0.2) is 0 Å². The summed E-state index contributed by atoms with van der Waals surface area (Å²) in [7, 11) is 0. The Morgan fingerprint density at radius 2 is 1.47 bits per heavy atom. The number of aromatic nitrogens is 3. The molecule has 7 nitrogen and oxygen atoms in total. The Bertz CT molecular complexity index is 1990. The minimum atomic E-state index is -4.74. The third kappa shape index (κ3) is 5.15. The Morgan fingerprint density at radius 3 is 2.05 bits per heavy atom. The number of alkyl halides is 3. The lowest BCUT2D eigenvalue weighted by Gasteiger charge is -2.13. The van der Waals surface area contributed by atoms with E-state index in [9.17, 15) is 22.8 Å². The normalized spacial score (nSPS) is 11.5. The molecule has 11 heteroatoms. The Balaban J connectivity index is 1.57. The molecule has 3 aromatic carbocycles. The molecule has 0 bridgehead atoms. The van der Waals surface area contributed by atoms with Crippen LogP contribution in [0, 0.1) is 6.92 Å². The van der Waals surface area contributed by atoms with Crippen molar-refractivity contribution in [1.82, 2.24) is 14.8 Å². The minimum Gasteiger partial charge on any atom is -0.365 e. The van der Waals surface area contributed by atoms with Crippen molar-refractivity contribution in [2.45, 2.75) is 13.1 Å². The molecule has 0 atom stereocenters. The van der Waals surface area contributed by atoms with Crippen LogP contribution < -0.4 is 11.1 Å². The lowest BCUT2D eigenvalue weighted by atomic mass is 10.0. The van der Waals surface area contributed by atoms with E-state index in [-0.39, 0.29) is 31.9 Å². The number of fused-ring (bicyclic) bond motifs is 1. The van der Waals surface area contributed by atoms with Crippen molar-refractivity contribution in [3.05, 3.63) is 119 Å². The maximum Gasteiger partial charge on any atom is 0.433 e. The van der Waals surface area contributed by atoms with Crippen LogP contribution in [0.25, 0.3) is 38.3 Å². The van der Waals surface area contributed by atoms with Crippen molar-refractivity contribution >= 4 is 39.1 Å². The molecule has 43 heavy (non-hydrogen) atoms. The summed E-state index contributed by atoms with van der Waals surface area (Å²) >= 11 is 0.694. The Hall–Kier alpha value is -5.29. The molecule has 6 rings (SSSR count). The predicted molar refractivity (Wildman–Crippen MR) is 160 cm³/mol. The van der Waals surface area contributed by atoms with Gasteiger partial charge < -0.3 is 11.1 Å². The monoisotopic (exact) mass is 597 g/mol. The smallest absolute Gasteiger partial charge is 0.365 e. The first kappa shape index (κ1) is 27.9. The van der Waals surface area contributed by atoms with Crippen molar-refractivity contribution in [3.63, 3.8) is 0 Å². The lowest BCUT2D eigenvalue weighted by molar-refractivity contribution is -0.140. The van der Waals surface area contributed by atoms with E-state index in [0.29, 0.717) is 33.9 Å². The van der Waals surface area contributed by atoms with E-state index < -0.39 is 23.7 Å². The van der Waals surface area contributed by atoms with Gasteiger partial charge in [-0.05, 0) is 36.2 Å². The molecule has 0 fully saturated rings. The molecule has 0 unspecified atom stereocenters. The Kier molecular flexibility index (Phi) is 7.02. The average Bonchev–Trinajstić information content (AvgIpc) is 3.55. The van der Waals surface area contributed by atoms with Crippen LogP contribution in [-0.2, 0) is 6.18 Å². The number of anilines is 1. The molecular weight excluding hydrogens is 575 g/mol. The predicted octanol–water partition coefficient (Wildman–Crippen LogP) is 7.49. The molecule has 0 aliphatic carbocycles. The maximum absolute atomic E-state index is 14.2. The van der Waals surface area contributed by atoms with E-state index in [1.165, 1.54) is 0 Å². The second kappa shape index (κ2) is 10.8. The number of halogens is 3. The fourth-order valence-corrected chi connectivity index (χ4v) is 5.96. The summed E-state index contributed by atoms with van der Waals surface area (Å²) < 4.78 is 43.3. The van der Waals surface area contributed by atoms with E-state index in [2.05, 4.69) is 10.3 Å². The van der Waals surface area contributed by atoms with Gasteiger partial charge in [0.05, 0.1) is 22.6 Å². The van der Waals surface area contributed by atoms with Gasteiger partial charge in [0, 0.05) is 10.9 Å². The summed E-state index contributed by atoms with van der Waals surface area (Å²) in [6, 6.07) is 27.7. The number of nitrogens with two attached hydrogens (primary N) is 1. The number of rotatable bonds is 6. The van der Waals surface area contributed by atoms with Crippen LogP contribution in [0.4, 0.5) is 18.9 Å². The molecule has 6 aromatic rings. The molecule has 0 aliphatic rings. The zero-order valence-electron chi connectivity index (χ0n) is 22.5. The molecule has 0 saturated carbocycles. The molecule has 214 valence electrons.